The summed E-state index contributed by atoms with van der Waals surface area (Å²) in [6.07, 6.45) is 0.774. The van der Waals surface area contributed by atoms with Crippen LogP contribution in [0.15, 0.2) is 4.79 Å². The van der Waals surface area contributed by atoms with Crippen molar-refractivity contribution in [3.8, 4) is 0 Å². The third-order valence-electron chi connectivity index (χ3n) is 2.51. The summed E-state index contributed by atoms with van der Waals surface area (Å²) in [6.45, 7) is 5.70. The molecule has 0 radical (unpaired) electrons. The van der Waals surface area contributed by atoms with E-state index in [0.717, 1.165) is 11.8 Å². The van der Waals surface area contributed by atoms with Crippen LogP contribution in [-0.2, 0) is 0 Å². The average Bonchev–Trinajstić information content (AvgIpc) is 2.55. The van der Waals surface area contributed by atoms with Gasteiger partial charge in [0.1, 0.15) is 10.7 Å². The Hall–Kier alpha value is -1.49. The molecule has 0 saturated carbocycles. The van der Waals surface area contributed by atoms with Crippen molar-refractivity contribution in [1.29, 1.82) is 0 Å². The van der Waals surface area contributed by atoms with Crippen LogP contribution in [0.2, 0.25) is 0 Å². The Labute approximate surface area is 96.3 Å². The molecule has 0 unspecified atom stereocenters. The Balaban J connectivity index is 2.84. The minimum Gasteiger partial charge on any atom is -0.310 e. The summed E-state index contributed by atoms with van der Waals surface area (Å²) in [5.74, 6) is 0.829. The third kappa shape index (κ3) is 1.57. The fourth-order valence-corrected chi connectivity index (χ4v) is 2.57. The molecule has 0 bridgehead atoms. The Kier molecular flexibility index (Phi) is 2.63. The van der Waals surface area contributed by atoms with Crippen molar-refractivity contribution in [2.24, 2.45) is 0 Å². The standard InChI is InChI=1S/C11H12N2O2S/c1-5(2)9-12-10(15)8-6(3)7(4-14)16-11(8)13-9/h4-5H,1-3H3,(H,12,13,15). The second-order valence-electron chi connectivity index (χ2n) is 4.00. The first-order valence-electron chi connectivity index (χ1n) is 5.03. The summed E-state index contributed by atoms with van der Waals surface area (Å²) < 4.78 is 0. The predicted molar refractivity (Wildman–Crippen MR) is 64.5 cm³/mol. The smallest absolute Gasteiger partial charge is 0.259 e. The Morgan fingerprint density at radius 3 is 2.69 bits per heavy atom. The number of fused-ring (bicyclic) bond motifs is 1. The number of aromatic amines is 1. The lowest BCUT2D eigenvalue weighted by Gasteiger charge is -2.02. The number of carbonyl (C=O) groups is 1. The van der Waals surface area contributed by atoms with Gasteiger partial charge in [0.05, 0.1) is 10.3 Å². The van der Waals surface area contributed by atoms with E-state index in [0.29, 0.717) is 20.9 Å². The second kappa shape index (κ2) is 3.83. The van der Waals surface area contributed by atoms with E-state index in [1.54, 1.807) is 6.92 Å². The highest BCUT2D eigenvalue weighted by atomic mass is 32.1. The Morgan fingerprint density at radius 1 is 1.44 bits per heavy atom. The van der Waals surface area contributed by atoms with Crippen molar-refractivity contribution >= 4 is 27.8 Å². The number of aldehydes is 1. The first-order chi connectivity index (χ1) is 7.54. The van der Waals surface area contributed by atoms with E-state index in [2.05, 4.69) is 9.97 Å². The molecule has 4 nitrogen and oxygen atoms in total. The number of hydrogen-bond acceptors (Lipinski definition) is 4. The van der Waals surface area contributed by atoms with Gasteiger partial charge < -0.3 is 4.98 Å². The highest BCUT2D eigenvalue weighted by molar-refractivity contribution is 7.20. The number of nitrogens with zero attached hydrogens (tertiary/aromatic N) is 1. The number of H-pyrrole nitrogens is 1. The fraction of sp³-hybridized carbons (Fsp3) is 0.364. The van der Waals surface area contributed by atoms with Crippen LogP contribution < -0.4 is 5.56 Å². The summed E-state index contributed by atoms with van der Waals surface area (Å²) in [4.78, 5) is 31.0. The van der Waals surface area contributed by atoms with E-state index < -0.39 is 0 Å². The summed E-state index contributed by atoms with van der Waals surface area (Å²) in [5, 5.41) is 0.538. The van der Waals surface area contributed by atoms with E-state index in [4.69, 9.17) is 0 Å². The van der Waals surface area contributed by atoms with E-state index >= 15 is 0 Å². The van der Waals surface area contributed by atoms with Gasteiger partial charge in [-0.25, -0.2) is 4.98 Å². The van der Waals surface area contributed by atoms with Crippen molar-refractivity contribution in [3.05, 3.63) is 26.6 Å². The molecule has 0 fully saturated rings. The molecule has 2 aromatic heterocycles. The van der Waals surface area contributed by atoms with Crippen LogP contribution in [0, 0.1) is 6.92 Å². The van der Waals surface area contributed by atoms with Gasteiger partial charge in [0.15, 0.2) is 6.29 Å². The molecule has 0 spiro atoms. The van der Waals surface area contributed by atoms with Gasteiger partial charge in [0, 0.05) is 5.92 Å². The zero-order valence-corrected chi connectivity index (χ0v) is 10.1. The molecule has 0 saturated heterocycles. The number of hydrogen-bond donors (Lipinski definition) is 1. The van der Waals surface area contributed by atoms with Crippen molar-refractivity contribution < 1.29 is 4.79 Å². The molecule has 5 heteroatoms. The molecule has 0 amide bonds. The van der Waals surface area contributed by atoms with Crippen LogP contribution >= 0.6 is 11.3 Å². The normalized spacial score (nSPS) is 11.2. The maximum atomic E-state index is 11.8. The molecule has 2 aromatic rings. The quantitative estimate of drug-likeness (QED) is 0.813. The number of carbonyl (C=O) groups excluding carboxylic acids is 1. The highest BCUT2D eigenvalue weighted by Crippen LogP contribution is 2.26. The van der Waals surface area contributed by atoms with Gasteiger partial charge in [-0.3, -0.25) is 9.59 Å². The number of aryl methyl sites for hydroxylation is 1. The summed E-state index contributed by atoms with van der Waals surface area (Å²) in [6, 6.07) is 0. The lowest BCUT2D eigenvalue weighted by molar-refractivity contribution is 0.112. The molecular formula is C11H12N2O2S. The van der Waals surface area contributed by atoms with Crippen LogP contribution in [0.1, 0.15) is 40.8 Å². The van der Waals surface area contributed by atoms with E-state index in [1.807, 2.05) is 13.8 Å². The molecule has 0 atom stereocenters. The SMILES string of the molecule is Cc1c(C=O)sc2nc(C(C)C)[nH]c(=O)c12. The van der Waals surface area contributed by atoms with Crippen molar-refractivity contribution in [1.82, 2.24) is 9.97 Å². The first kappa shape index (κ1) is 11.0. The largest absolute Gasteiger partial charge is 0.310 e. The minimum atomic E-state index is -0.157. The third-order valence-corrected chi connectivity index (χ3v) is 3.62. The van der Waals surface area contributed by atoms with Crippen LogP contribution in [0.4, 0.5) is 0 Å². The predicted octanol–water partition coefficient (Wildman–Crippen LogP) is 2.23. The molecule has 16 heavy (non-hydrogen) atoms. The van der Waals surface area contributed by atoms with Crippen molar-refractivity contribution in [2.45, 2.75) is 26.7 Å². The first-order valence-corrected chi connectivity index (χ1v) is 5.84. The van der Waals surface area contributed by atoms with E-state index in [1.165, 1.54) is 11.3 Å². The van der Waals surface area contributed by atoms with Crippen molar-refractivity contribution in [3.63, 3.8) is 0 Å². The number of nitrogens with one attached hydrogen (secondary N) is 1. The van der Waals surface area contributed by atoms with E-state index in [-0.39, 0.29) is 11.5 Å². The van der Waals surface area contributed by atoms with Gasteiger partial charge in [0.2, 0.25) is 0 Å². The zero-order valence-electron chi connectivity index (χ0n) is 9.33. The van der Waals surface area contributed by atoms with E-state index in [9.17, 15) is 9.59 Å². The Bertz CT molecular complexity index is 610. The zero-order chi connectivity index (χ0) is 11.9. The van der Waals surface area contributed by atoms with Crippen LogP contribution in [-0.4, -0.2) is 16.3 Å². The van der Waals surface area contributed by atoms with Gasteiger partial charge in [-0.2, -0.15) is 0 Å². The summed E-state index contributed by atoms with van der Waals surface area (Å²) in [7, 11) is 0. The van der Waals surface area contributed by atoms with Gasteiger partial charge in [-0.15, -0.1) is 11.3 Å². The molecule has 84 valence electrons. The van der Waals surface area contributed by atoms with Crippen LogP contribution in [0.3, 0.4) is 0 Å². The van der Waals surface area contributed by atoms with Crippen LogP contribution in [0.25, 0.3) is 10.2 Å². The second-order valence-corrected chi connectivity index (χ2v) is 5.03. The maximum absolute atomic E-state index is 11.8. The highest BCUT2D eigenvalue weighted by Gasteiger charge is 2.14. The van der Waals surface area contributed by atoms with Gasteiger partial charge in [-0.05, 0) is 12.5 Å². The van der Waals surface area contributed by atoms with Gasteiger partial charge in [0.25, 0.3) is 5.56 Å². The summed E-state index contributed by atoms with van der Waals surface area (Å²) in [5.41, 5.74) is 0.564. The molecule has 0 aliphatic heterocycles. The number of thiophene rings is 1. The topological polar surface area (TPSA) is 62.8 Å². The molecule has 1 N–H and O–H groups in total. The van der Waals surface area contributed by atoms with Crippen molar-refractivity contribution in [2.75, 3.05) is 0 Å². The molecule has 0 aliphatic carbocycles. The molecular weight excluding hydrogens is 224 g/mol. The minimum absolute atomic E-state index is 0.157. The average molecular weight is 236 g/mol. The van der Waals surface area contributed by atoms with Gasteiger partial charge in [-0.1, -0.05) is 13.8 Å². The maximum Gasteiger partial charge on any atom is 0.259 e. The lowest BCUT2D eigenvalue weighted by atomic mass is 10.2. The molecule has 2 heterocycles. The molecule has 0 aromatic carbocycles. The Morgan fingerprint density at radius 2 is 2.12 bits per heavy atom. The summed E-state index contributed by atoms with van der Waals surface area (Å²) >= 11 is 1.27. The lowest BCUT2D eigenvalue weighted by Crippen LogP contribution is -2.12. The number of rotatable bonds is 2. The molecule has 2 rings (SSSR count). The fourth-order valence-electron chi connectivity index (χ4n) is 1.56. The monoisotopic (exact) mass is 236 g/mol. The van der Waals surface area contributed by atoms with Crippen LogP contribution in [0.5, 0.6) is 0 Å². The number of aromatic nitrogens is 2. The van der Waals surface area contributed by atoms with Gasteiger partial charge >= 0.3 is 0 Å². The molecule has 0 aliphatic rings.